The summed E-state index contributed by atoms with van der Waals surface area (Å²) in [5.41, 5.74) is 0.0423. The Morgan fingerprint density at radius 2 is 2.33 bits per heavy atom. The Kier molecular flexibility index (Phi) is 4.25. The van der Waals surface area contributed by atoms with Crippen LogP contribution in [-0.2, 0) is 0 Å². The van der Waals surface area contributed by atoms with E-state index in [4.69, 9.17) is 11.6 Å². The number of halogens is 3. The third-order valence-corrected chi connectivity index (χ3v) is 4.34. The molecule has 2 rings (SSSR count). The first kappa shape index (κ1) is 13.8. The average Bonchev–Trinajstić information content (AvgIpc) is 2.85. The van der Waals surface area contributed by atoms with Gasteiger partial charge in [0.2, 0.25) is 0 Å². The van der Waals surface area contributed by atoms with Gasteiger partial charge in [0.15, 0.2) is 0 Å². The number of hydrogen-bond acceptors (Lipinski definition) is 2. The number of likely N-dealkylation sites (N-methyl/N-ethyl adjacent to an activating group) is 1. The normalized spacial score (nSPS) is 19.0. The van der Waals surface area contributed by atoms with Crippen molar-refractivity contribution in [3.8, 4) is 0 Å². The maximum Gasteiger partial charge on any atom is 0.256 e. The summed E-state index contributed by atoms with van der Waals surface area (Å²) < 4.78 is 14.3. The number of nitrogens with one attached hydrogen (secondary N) is 1. The van der Waals surface area contributed by atoms with E-state index in [1.807, 2.05) is 0 Å². The van der Waals surface area contributed by atoms with Crippen molar-refractivity contribution in [2.24, 2.45) is 0 Å². The molecule has 1 unspecified atom stereocenters. The lowest BCUT2D eigenvalue weighted by Crippen LogP contribution is -2.38. The van der Waals surface area contributed by atoms with Crippen LogP contribution in [0, 0.1) is 5.82 Å². The molecule has 18 heavy (non-hydrogen) atoms. The van der Waals surface area contributed by atoms with E-state index in [1.54, 1.807) is 11.9 Å². The van der Waals surface area contributed by atoms with Crippen molar-refractivity contribution >= 4 is 33.4 Å². The molecule has 1 N–H and O–H groups in total. The minimum absolute atomic E-state index is 0.0423. The zero-order valence-electron chi connectivity index (χ0n) is 9.84. The second-order valence-corrected chi connectivity index (χ2v) is 5.57. The van der Waals surface area contributed by atoms with Crippen LogP contribution in [0.15, 0.2) is 16.6 Å². The molecule has 1 aromatic rings. The van der Waals surface area contributed by atoms with Crippen molar-refractivity contribution in [2.45, 2.75) is 12.5 Å². The lowest BCUT2D eigenvalue weighted by molar-refractivity contribution is 0.0739. The Bertz CT molecular complexity index is 477. The van der Waals surface area contributed by atoms with Gasteiger partial charge in [-0.05, 0) is 41.0 Å². The molecule has 6 heteroatoms. The monoisotopic (exact) mass is 334 g/mol. The first-order valence-corrected chi connectivity index (χ1v) is 6.80. The molecule has 0 aliphatic carbocycles. The molecule has 1 aliphatic rings. The number of hydrogen-bond donors (Lipinski definition) is 1. The Labute approximate surface area is 118 Å². The van der Waals surface area contributed by atoms with Crippen LogP contribution in [0.3, 0.4) is 0 Å². The third kappa shape index (κ3) is 2.68. The number of carbonyl (C=O) groups excluding carboxylic acids is 1. The lowest BCUT2D eigenvalue weighted by atomic mass is 10.1. The summed E-state index contributed by atoms with van der Waals surface area (Å²) in [5, 5.41) is 3.44. The Balaban J connectivity index is 2.25. The highest BCUT2D eigenvalue weighted by Crippen LogP contribution is 2.26. The van der Waals surface area contributed by atoms with Gasteiger partial charge in [0.1, 0.15) is 5.82 Å². The van der Waals surface area contributed by atoms with Gasteiger partial charge < -0.3 is 10.2 Å². The zero-order chi connectivity index (χ0) is 13.3. The number of rotatable bonds is 2. The highest BCUT2D eigenvalue weighted by atomic mass is 79.9. The molecule has 0 saturated carbocycles. The molecular weight excluding hydrogens is 323 g/mol. The van der Waals surface area contributed by atoms with Crippen LogP contribution in [0.25, 0.3) is 0 Å². The highest BCUT2D eigenvalue weighted by molar-refractivity contribution is 9.10. The predicted octanol–water partition coefficient (Wildman–Crippen LogP) is 2.68. The molecule has 1 amide bonds. The van der Waals surface area contributed by atoms with Crippen LogP contribution in [0.4, 0.5) is 4.39 Å². The second-order valence-electron chi connectivity index (χ2n) is 4.31. The first-order valence-electron chi connectivity index (χ1n) is 5.63. The third-order valence-electron chi connectivity index (χ3n) is 3.14. The standard InChI is InChI=1S/C12H13BrClFN2O/c1-17(7-2-3-16-6-7)12(18)8-4-9(13)10(14)5-11(8)15/h4-5,7,16H,2-3,6H2,1H3. The van der Waals surface area contributed by atoms with Gasteiger partial charge in [0.05, 0.1) is 10.6 Å². The smallest absolute Gasteiger partial charge is 0.256 e. The number of nitrogens with zero attached hydrogens (tertiary/aromatic N) is 1. The number of benzene rings is 1. The number of amides is 1. The average molecular weight is 336 g/mol. The van der Waals surface area contributed by atoms with Gasteiger partial charge in [-0.1, -0.05) is 11.6 Å². The largest absolute Gasteiger partial charge is 0.337 e. The second kappa shape index (κ2) is 5.55. The van der Waals surface area contributed by atoms with Crippen molar-refractivity contribution in [3.63, 3.8) is 0 Å². The number of carbonyl (C=O) groups is 1. The Hall–Kier alpha value is -0.650. The van der Waals surface area contributed by atoms with Crippen molar-refractivity contribution < 1.29 is 9.18 Å². The molecule has 1 heterocycles. The van der Waals surface area contributed by atoms with E-state index in [0.717, 1.165) is 25.6 Å². The van der Waals surface area contributed by atoms with E-state index >= 15 is 0 Å². The molecule has 98 valence electrons. The van der Waals surface area contributed by atoms with Crippen molar-refractivity contribution in [1.82, 2.24) is 10.2 Å². The van der Waals surface area contributed by atoms with Gasteiger partial charge in [-0.15, -0.1) is 0 Å². The van der Waals surface area contributed by atoms with Crippen LogP contribution in [0.2, 0.25) is 5.02 Å². The summed E-state index contributed by atoms with van der Waals surface area (Å²) in [7, 11) is 1.70. The highest BCUT2D eigenvalue weighted by Gasteiger charge is 2.26. The van der Waals surface area contributed by atoms with Gasteiger partial charge in [0.25, 0.3) is 5.91 Å². The molecule has 1 fully saturated rings. The first-order chi connectivity index (χ1) is 8.50. The zero-order valence-corrected chi connectivity index (χ0v) is 12.2. The van der Waals surface area contributed by atoms with Crippen molar-refractivity contribution in [2.75, 3.05) is 20.1 Å². The predicted molar refractivity (Wildman–Crippen MR) is 72.5 cm³/mol. The Morgan fingerprint density at radius 3 is 2.94 bits per heavy atom. The molecule has 1 saturated heterocycles. The van der Waals surface area contributed by atoms with Crippen LogP contribution in [0.1, 0.15) is 16.8 Å². The van der Waals surface area contributed by atoms with E-state index in [2.05, 4.69) is 21.2 Å². The van der Waals surface area contributed by atoms with Crippen molar-refractivity contribution in [3.05, 3.63) is 33.0 Å². The molecule has 0 radical (unpaired) electrons. The summed E-state index contributed by atoms with van der Waals surface area (Å²) in [6.45, 7) is 1.63. The Morgan fingerprint density at radius 1 is 1.61 bits per heavy atom. The fraction of sp³-hybridized carbons (Fsp3) is 0.417. The fourth-order valence-electron chi connectivity index (χ4n) is 2.01. The molecule has 1 aliphatic heterocycles. The summed E-state index contributed by atoms with van der Waals surface area (Å²) in [6.07, 6.45) is 0.888. The summed E-state index contributed by atoms with van der Waals surface area (Å²) in [4.78, 5) is 13.8. The molecule has 0 aromatic heterocycles. The van der Waals surface area contributed by atoms with E-state index in [-0.39, 0.29) is 22.5 Å². The quantitative estimate of drug-likeness (QED) is 0.843. The van der Waals surface area contributed by atoms with Gasteiger partial charge in [-0.25, -0.2) is 4.39 Å². The summed E-state index contributed by atoms with van der Waals surface area (Å²) in [6, 6.07) is 2.70. The molecule has 1 atom stereocenters. The lowest BCUT2D eigenvalue weighted by Gasteiger charge is -2.24. The van der Waals surface area contributed by atoms with E-state index in [9.17, 15) is 9.18 Å². The molecule has 1 aromatic carbocycles. The SMILES string of the molecule is CN(C(=O)c1cc(Br)c(Cl)cc1F)C1CCNC1. The summed E-state index contributed by atoms with van der Waals surface area (Å²) >= 11 is 8.97. The van der Waals surface area contributed by atoms with Gasteiger partial charge in [0, 0.05) is 24.1 Å². The van der Waals surface area contributed by atoms with Crippen LogP contribution in [-0.4, -0.2) is 37.0 Å². The van der Waals surface area contributed by atoms with E-state index in [1.165, 1.54) is 6.07 Å². The maximum atomic E-state index is 13.8. The molecule has 0 bridgehead atoms. The van der Waals surface area contributed by atoms with Gasteiger partial charge in [-0.3, -0.25) is 4.79 Å². The van der Waals surface area contributed by atoms with Gasteiger partial charge in [-0.2, -0.15) is 0 Å². The van der Waals surface area contributed by atoms with E-state index in [0.29, 0.717) is 4.47 Å². The van der Waals surface area contributed by atoms with Crippen molar-refractivity contribution in [1.29, 1.82) is 0 Å². The minimum atomic E-state index is -0.592. The van der Waals surface area contributed by atoms with Crippen LogP contribution < -0.4 is 5.32 Å². The van der Waals surface area contributed by atoms with Crippen LogP contribution >= 0.6 is 27.5 Å². The molecule has 3 nitrogen and oxygen atoms in total. The molecular formula is C12H13BrClFN2O. The topological polar surface area (TPSA) is 32.3 Å². The maximum absolute atomic E-state index is 13.8. The van der Waals surface area contributed by atoms with Crippen LogP contribution in [0.5, 0.6) is 0 Å². The molecule has 0 spiro atoms. The minimum Gasteiger partial charge on any atom is -0.337 e. The van der Waals surface area contributed by atoms with E-state index < -0.39 is 5.82 Å². The van der Waals surface area contributed by atoms with Gasteiger partial charge >= 0.3 is 0 Å². The summed E-state index contributed by atoms with van der Waals surface area (Å²) in [5.74, 6) is -0.912. The fourth-order valence-corrected chi connectivity index (χ4v) is 2.51.